The number of piperidine rings is 1. The number of rotatable bonds is 3. The molecule has 1 aromatic rings. The summed E-state index contributed by atoms with van der Waals surface area (Å²) in [5.41, 5.74) is 1.61. The molecule has 0 radical (unpaired) electrons. The number of benzene rings is 1. The van der Waals surface area contributed by atoms with Crippen molar-refractivity contribution in [2.45, 2.75) is 26.2 Å². The molecule has 3 rings (SSSR count). The van der Waals surface area contributed by atoms with Crippen molar-refractivity contribution >= 4 is 17.6 Å². The van der Waals surface area contributed by atoms with E-state index in [0.717, 1.165) is 25.1 Å². The number of hydrogen-bond donors (Lipinski definition) is 1. The van der Waals surface area contributed by atoms with E-state index in [-0.39, 0.29) is 5.91 Å². The molecule has 0 saturated carbocycles. The maximum Gasteiger partial charge on any atom is 0.311 e. The largest absolute Gasteiger partial charge is 0.481 e. The lowest BCUT2D eigenvalue weighted by Crippen LogP contribution is -2.50. The molecule has 22 heavy (non-hydrogen) atoms. The topological polar surface area (TPSA) is 60.9 Å². The van der Waals surface area contributed by atoms with Crippen LogP contribution in [-0.4, -0.2) is 48.1 Å². The fourth-order valence-corrected chi connectivity index (χ4v) is 3.46. The van der Waals surface area contributed by atoms with E-state index in [2.05, 4.69) is 11.0 Å². The average molecular weight is 302 g/mol. The molecule has 0 aliphatic carbocycles. The van der Waals surface area contributed by atoms with Crippen molar-refractivity contribution in [2.24, 2.45) is 5.41 Å². The minimum atomic E-state index is -0.809. The van der Waals surface area contributed by atoms with Crippen molar-refractivity contribution < 1.29 is 14.7 Å². The Morgan fingerprint density at radius 3 is 2.82 bits per heavy atom. The normalized spacial score (nSPS) is 24.2. The van der Waals surface area contributed by atoms with Gasteiger partial charge in [0.05, 0.1) is 12.0 Å². The molecule has 1 amide bonds. The summed E-state index contributed by atoms with van der Waals surface area (Å²) in [5, 5.41) is 9.36. The Labute approximate surface area is 130 Å². The lowest BCUT2D eigenvalue weighted by molar-refractivity contribution is -0.153. The molecule has 1 atom stereocenters. The molecule has 1 unspecified atom stereocenters. The van der Waals surface area contributed by atoms with Crippen LogP contribution in [-0.2, 0) is 16.0 Å². The van der Waals surface area contributed by atoms with Gasteiger partial charge in [-0.3, -0.25) is 9.59 Å². The summed E-state index contributed by atoms with van der Waals surface area (Å²) >= 11 is 0. The molecular formula is C17H22N2O3. The number of likely N-dealkylation sites (tertiary alicyclic amines) is 1. The average Bonchev–Trinajstić information content (AvgIpc) is 2.90. The van der Waals surface area contributed by atoms with Crippen molar-refractivity contribution in [2.75, 3.05) is 31.1 Å². The fraction of sp³-hybridized carbons (Fsp3) is 0.529. The molecule has 2 heterocycles. The van der Waals surface area contributed by atoms with Gasteiger partial charge in [0.25, 0.3) is 0 Å². The Balaban J connectivity index is 1.67. The van der Waals surface area contributed by atoms with Crippen molar-refractivity contribution in [1.82, 2.24) is 4.90 Å². The highest BCUT2D eigenvalue weighted by molar-refractivity contribution is 5.84. The second-order valence-electron chi connectivity index (χ2n) is 6.58. The van der Waals surface area contributed by atoms with Crippen molar-refractivity contribution in [3.8, 4) is 0 Å². The highest BCUT2D eigenvalue weighted by atomic mass is 16.4. The summed E-state index contributed by atoms with van der Waals surface area (Å²) in [6, 6.07) is 8.16. The van der Waals surface area contributed by atoms with Gasteiger partial charge in [-0.15, -0.1) is 0 Å². The number of carbonyl (C=O) groups is 2. The molecule has 0 aromatic heterocycles. The molecule has 2 aliphatic rings. The van der Waals surface area contributed by atoms with E-state index in [0.29, 0.717) is 26.1 Å². The molecule has 0 bridgehead atoms. The van der Waals surface area contributed by atoms with Gasteiger partial charge in [-0.25, -0.2) is 0 Å². The summed E-state index contributed by atoms with van der Waals surface area (Å²) in [6.07, 6.45) is 2.36. The van der Waals surface area contributed by atoms with Crippen molar-refractivity contribution in [3.05, 3.63) is 29.8 Å². The first-order chi connectivity index (χ1) is 10.5. The number of nitrogens with zero attached hydrogens (tertiary/aromatic N) is 2. The molecular weight excluding hydrogens is 280 g/mol. The Kier molecular flexibility index (Phi) is 3.81. The number of hydrogen-bond acceptors (Lipinski definition) is 3. The lowest BCUT2D eigenvalue weighted by atomic mass is 9.82. The molecule has 5 heteroatoms. The van der Waals surface area contributed by atoms with Gasteiger partial charge in [0.15, 0.2) is 0 Å². The van der Waals surface area contributed by atoms with Gasteiger partial charge >= 0.3 is 5.97 Å². The zero-order valence-electron chi connectivity index (χ0n) is 12.9. The number of carboxylic acid groups (broad SMARTS) is 1. The minimum Gasteiger partial charge on any atom is -0.481 e. The van der Waals surface area contributed by atoms with Crippen LogP contribution in [0.1, 0.15) is 25.3 Å². The summed E-state index contributed by atoms with van der Waals surface area (Å²) in [6.45, 7) is 3.91. The smallest absolute Gasteiger partial charge is 0.311 e. The lowest BCUT2D eigenvalue weighted by Gasteiger charge is -2.38. The minimum absolute atomic E-state index is 0.0314. The standard InChI is InChI=1S/C17H22N2O3/c1-17(16(21)22)8-4-9-19(12-17)15(20)11-18-10-7-13-5-2-3-6-14(13)18/h2-3,5-6H,4,7-12H2,1H3,(H,21,22). The predicted molar refractivity (Wildman–Crippen MR) is 83.9 cm³/mol. The van der Waals surface area contributed by atoms with Crippen LogP contribution in [0.15, 0.2) is 24.3 Å². The zero-order chi connectivity index (χ0) is 15.7. The second kappa shape index (κ2) is 5.63. The quantitative estimate of drug-likeness (QED) is 0.924. The molecule has 1 aromatic carbocycles. The van der Waals surface area contributed by atoms with E-state index in [1.165, 1.54) is 5.56 Å². The monoisotopic (exact) mass is 302 g/mol. The molecule has 1 fully saturated rings. The van der Waals surface area contributed by atoms with Gasteiger partial charge in [-0.2, -0.15) is 0 Å². The molecule has 5 nitrogen and oxygen atoms in total. The summed E-state index contributed by atoms with van der Waals surface area (Å²) in [4.78, 5) is 27.8. The van der Waals surface area contributed by atoms with Crippen molar-refractivity contribution in [1.29, 1.82) is 0 Å². The van der Waals surface area contributed by atoms with Crippen LogP contribution in [0, 0.1) is 5.41 Å². The summed E-state index contributed by atoms with van der Waals surface area (Å²) < 4.78 is 0. The van der Waals surface area contributed by atoms with Gasteiger partial charge in [0.2, 0.25) is 5.91 Å². The van der Waals surface area contributed by atoms with Gasteiger partial charge in [0.1, 0.15) is 0 Å². The van der Waals surface area contributed by atoms with E-state index in [4.69, 9.17) is 0 Å². The highest BCUT2D eigenvalue weighted by Crippen LogP contribution is 2.31. The van der Waals surface area contributed by atoms with Crippen molar-refractivity contribution in [3.63, 3.8) is 0 Å². The molecule has 0 spiro atoms. The summed E-state index contributed by atoms with van der Waals surface area (Å²) in [5.74, 6) is -0.777. The number of carboxylic acids is 1. The van der Waals surface area contributed by atoms with Gasteiger partial charge in [-0.05, 0) is 37.8 Å². The number of amides is 1. The number of fused-ring (bicyclic) bond motifs is 1. The van der Waals surface area contributed by atoms with Crippen LogP contribution in [0.4, 0.5) is 5.69 Å². The number of aliphatic carboxylic acids is 1. The molecule has 118 valence electrons. The maximum absolute atomic E-state index is 12.6. The highest BCUT2D eigenvalue weighted by Gasteiger charge is 2.39. The summed E-state index contributed by atoms with van der Waals surface area (Å²) in [7, 11) is 0. The first-order valence-electron chi connectivity index (χ1n) is 7.84. The third-order valence-corrected chi connectivity index (χ3v) is 4.87. The fourth-order valence-electron chi connectivity index (χ4n) is 3.46. The maximum atomic E-state index is 12.6. The Morgan fingerprint density at radius 1 is 1.27 bits per heavy atom. The van der Waals surface area contributed by atoms with Gasteiger partial charge in [0, 0.05) is 25.3 Å². The van der Waals surface area contributed by atoms with E-state index < -0.39 is 11.4 Å². The number of anilines is 1. The number of carbonyl (C=O) groups excluding carboxylic acids is 1. The third-order valence-electron chi connectivity index (χ3n) is 4.87. The third kappa shape index (κ3) is 2.67. The SMILES string of the molecule is CC1(C(=O)O)CCCN(C(=O)CN2CCc3ccccc32)C1. The van der Waals surface area contributed by atoms with E-state index in [1.54, 1.807) is 11.8 Å². The first kappa shape index (κ1) is 14.9. The van der Waals surface area contributed by atoms with Crippen LogP contribution in [0.2, 0.25) is 0 Å². The molecule has 1 N–H and O–H groups in total. The van der Waals surface area contributed by atoms with E-state index in [1.807, 2.05) is 18.2 Å². The first-order valence-corrected chi connectivity index (χ1v) is 7.84. The predicted octanol–water partition coefficient (Wildman–Crippen LogP) is 1.76. The second-order valence-corrected chi connectivity index (χ2v) is 6.58. The van der Waals surface area contributed by atoms with Crippen LogP contribution in [0.25, 0.3) is 0 Å². The Morgan fingerprint density at radius 2 is 2.05 bits per heavy atom. The van der Waals surface area contributed by atoms with Crippen LogP contribution in [0.3, 0.4) is 0 Å². The van der Waals surface area contributed by atoms with Gasteiger partial charge < -0.3 is 14.9 Å². The van der Waals surface area contributed by atoms with E-state index >= 15 is 0 Å². The van der Waals surface area contributed by atoms with Gasteiger partial charge in [-0.1, -0.05) is 18.2 Å². The Hall–Kier alpha value is -2.04. The zero-order valence-corrected chi connectivity index (χ0v) is 12.9. The molecule has 1 saturated heterocycles. The van der Waals surface area contributed by atoms with Crippen LogP contribution in [0.5, 0.6) is 0 Å². The van der Waals surface area contributed by atoms with Crippen LogP contribution < -0.4 is 4.90 Å². The molecule has 2 aliphatic heterocycles. The Bertz CT molecular complexity index is 601. The van der Waals surface area contributed by atoms with Crippen LogP contribution >= 0.6 is 0 Å². The van der Waals surface area contributed by atoms with E-state index in [9.17, 15) is 14.7 Å². The number of para-hydroxylation sites is 1.